The highest BCUT2D eigenvalue weighted by molar-refractivity contribution is 5.51. The molecule has 20 heavy (non-hydrogen) atoms. The first-order chi connectivity index (χ1) is 9.92. The van der Waals surface area contributed by atoms with E-state index in [1.165, 1.54) is 0 Å². The first kappa shape index (κ1) is 13.0. The lowest BCUT2D eigenvalue weighted by Gasteiger charge is -2.26. The molecule has 0 aliphatic carbocycles. The summed E-state index contributed by atoms with van der Waals surface area (Å²) in [6.07, 6.45) is 3.41. The zero-order valence-electron chi connectivity index (χ0n) is 11.2. The van der Waals surface area contributed by atoms with Crippen LogP contribution in [0.2, 0.25) is 0 Å². The van der Waals surface area contributed by atoms with Gasteiger partial charge in [-0.25, -0.2) is 0 Å². The van der Waals surface area contributed by atoms with Crippen LogP contribution >= 0.6 is 0 Å². The highest BCUT2D eigenvalue weighted by Gasteiger charge is 2.11. The molecule has 7 heteroatoms. The summed E-state index contributed by atoms with van der Waals surface area (Å²) >= 11 is 0. The molecule has 3 heterocycles. The summed E-state index contributed by atoms with van der Waals surface area (Å²) in [5, 5.41) is 11.1. The van der Waals surface area contributed by atoms with E-state index in [2.05, 4.69) is 25.4 Å². The zero-order chi connectivity index (χ0) is 13.6. The Morgan fingerprint density at radius 1 is 1.25 bits per heavy atom. The van der Waals surface area contributed by atoms with Crippen molar-refractivity contribution in [2.75, 3.05) is 44.7 Å². The fraction of sp³-hybridized carbons (Fsp3) is 0.462. The molecule has 0 atom stereocenters. The van der Waals surface area contributed by atoms with Crippen LogP contribution in [-0.4, -0.2) is 59.5 Å². The molecule has 2 aromatic rings. The Balaban J connectivity index is 1.50. The van der Waals surface area contributed by atoms with Gasteiger partial charge in [0.2, 0.25) is 0 Å². The topological polar surface area (TPSA) is 76.3 Å². The number of aromatic nitrogens is 3. The summed E-state index contributed by atoms with van der Waals surface area (Å²) < 4.78 is 10.9. The van der Waals surface area contributed by atoms with Crippen LogP contribution in [0, 0.1) is 0 Å². The minimum Gasteiger partial charge on any atom is -0.403 e. The molecule has 106 valence electrons. The van der Waals surface area contributed by atoms with Gasteiger partial charge in [-0.05, 0) is 12.1 Å². The molecule has 0 amide bonds. The van der Waals surface area contributed by atoms with Crippen molar-refractivity contribution in [3.8, 4) is 11.5 Å². The number of hydrogen-bond donors (Lipinski definition) is 1. The fourth-order valence-electron chi connectivity index (χ4n) is 2.05. The third kappa shape index (κ3) is 3.31. The Morgan fingerprint density at radius 2 is 2.15 bits per heavy atom. The number of nitrogens with one attached hydrogen (secondary N) is 1. The summed E-state index contributed by atoms with van der Waals surface area (Å²) in [6, 6.07) is 4.17. The van der Waals surface area contributed by atoms with Crippen LogP contribution in [0.15, 0.2) is 28.9 Å². The van der Waals surface area contributed by atoms with Crippen LogP contribution in [0.25, 0.3) is 11.5 Å². The van der Waals surface area contributed by atoms with Gasteiger partial charge in [0.25, 0.3) is 5.89 Å². The summed E-state index contributed by atoms with van der Waals surface area (Å²) in [6.45, 7) is 5.29. The minimum absolute atomic E-state index is 0.442. The number of hydrogen-bond acceptors (Lipinski definition) is 7. The summed E-state index contributed by atoms with van der Waals surface area (Å²) in [7, 11) is 0. The molecule has 1 saturated heterocycles. The molecule has 1 aliphatic heterocycles. The second-order valence-electron chi connectivity index (χ2n) is 4.53. The second kappa shape index (κ2) is 6.44. The Bertz CT molecular complexity index is 525. The number of ether oxygens (including phenoxy) is 1. The van der Waals surface area contributed by atoms with Gasteiger partial charge in [-0.2, -0.15) is 0 Å². The van der Waals surface area contributed by atoms with E-state index in [1.807, 2.05) is 12.1 Å². The lowest BCUT2D eigenvalue weighted by Crippen LogP contribution is -2.39. The lowest BCUT2D eigenvalue weighted by molar-refractivity contribution is 0.0398. The van der Waals surface area contributed by atoms with Gasteiger partial charge in [0.15, 0.2) is 0 Å². The smallest absolute Gasteiger partial charge is 0.315 e. The van der Waals surface area contributed by atoms with E-state index >= 15 is 0 Å². The van der Waals surface area contributed by atoms with Crippen LogP contribution < -0.4 is 5.32 Å². The van der Waals surface area contributed by atoms with Crippen molar-refractivity contribution in [2.24, 2.45) is 0 Å². The summed E-state index contributed by atoms with van der Waals surface area (Å²) in [5.41, 5.74) is 0.821. The van der Waals surface area contributed by atoms with Gasteiger partial charge in [-0.3, -0.25) is 9.88 Å². The molecule has 3 rings (SSSR count). The van der Waals surface area contributed by atoms with Crippen LogP contribution in [0.4, 0.5) is 6.01 Å². The highest BCUT2D eigenvalue weighted by atomic mass is 16.5. The Hall–Kier alpha value is -1.99. The van der Waals surface area contributed by atoms with Gasteiger partial charge in [0.05, 0.1) is 18.8 Å². The first-order valence-corrected chi connectivity index (χ1v) is 6.70. The maximum Gasteiger partial charge on any atom is 0.315 e. The van der Waals surface area contributed by atoms with E-state index in [1.54, 1.807) is 12.4 Å². The standard InChI is InChI=1S/C13H17N5O2/c1-2-11(10-14-3-1)12-16-17-13(20-12)15-4-5-18-6-8-19-9-7-18/h1-3,10H,4-9H2,(H,15,17). The van der Waals surface area contributed by atoms with Crippen LogP contribution in [-0.2, 0) is 4.74 Å². The van der Waals surface area contributed by atoms with Gasteiger partial charge in [-0.15, -0.1) is 5.10 Å². The molecule has 0 saturated carbocycles. The first-order valence-electron chi connectivity index (χ1n) is 6.70. The van der Waals surface area contributed by atoms with Gasteiger partial charge >= 0.3 is 6.01 Å². The summed E-state index contributed by atoms with van der Waals surface area (Å²) in [4.78, 5) is 6.37. The van der Waals surface area contributed by atoms with Gasteiger partial charge in [-0.1, -0.05) is 5.10 Å². The molecule has 0 aromatic carbocycles. The van der Waals surface area contributed by atoms with E-state index < -0.39 is 0 Å². The maximum absolute atomic E-state index is 5.54. The zero-order valence-corrected chi connectivity index (χ0v) is 11.2. The lowest BCUT2D eigenvalue weighted by atomic mass is 10.3. The molecule has 1 fully saturated rings. The molecule has 0 unspecified atom stereocenters. The van der Waals surface area contributed by atoms with E-state index in [-0.39, 0.29) is 0 Å². The van der Waals surface area contributed by atoms with Crippen molar-refractivity contribution in [1.82, 2.24) is 20.1 Å². The van der Waals surface area contributed by atoms with Crippen molar-refractivity contribution in [2.45, 2.75) is 0 Å². The normalized spacial score (nSPS) is 16.2. The molecule has 0 spiro atoms. The number of pyridine rings is 1. The Morgan fingerprint density at radius 3 is 2.95 bits per heavy atom. The molecule has 7 nitrogen and oxygen atoms in total. The van der Waals surface area contributed by atoms with Crippen molar-refractivity contribution < 1.29 is 9.15 Å². The van der Waals surface area contributed by atoms with Crippen molar-refractivity contribution in [1.29, 1.82) is 0 Å². The van der Waals surface area contributed by atoms with Gasteiger partial charge in [0, 0.05) is 38.6 Å². The summed E-state index contributed by atoms with van der Waals surface area (Å²) in [5.74, 6) is 0.479. The van der Waals surface area contributed by atoms with Crippen molar-refractivity contribution >= 4 is 6.01 Å². The molecule has 0 radical (unpaired) electrons. The van der Waals surface area contributed by atoms with Crippen LogP contribution in [0.1, 0.15) is 0 Å². The molecule has 1 aliphatic rings. The largest absolute Gasteiger partial charge is 0.403 e. The number of morpholine rings is 1. The minimum atomic E-state index is 0.442. The fourth-order valence-corrected chi connectivity index (χ4v) is 2.05. The third-order valence-corrected chi connectivity index (χ3v) is 3.14. The second-order valence-corrected chi connectivity index (χ2v) is 4.53. The van der Waals surface area contributed by atoms with Crippen LogP contribution in [0.5, 0.6) is 0 Å². The quantitative estimate of drug-likeness (QED) is 0.867. The van der Waals surface area contributed by atoms with E-state index in [9.17, 15) is 0 Å². The number of anilines is 1. The predicted molar refractivity (Wildman–Crippen MR) is 73.3 cm³/mol. The third-order valence-electron chi connectivity index (χ3n) is 3.14. The average molecular weight is 275 g/mol. The van der Waals surface area contributed by atoms with E-state index in [0.29, 0.717) is 11.9 Å². The Labute approximate surface area is 117 Å². The molecular weight excluding hydrogens is 258 g/mol. The van der Waals surface area contributed by atoms with E-state index in [4.69, 9.17) is 9.15 Å². The number of rotatable bonds is 5. The SMILES string of the molecule is c1cncc(-c2nnc(NCCN3CCOCC3)o2)c1. The Kier molecular flexibility index (Phi) is 4.19. The average Bonchev–Trinajstić information content (AvgIpc) is 2.98. The van der Waals surface area contributed by atoms with Crippen molar-refractivity contribution in [3.05, 3.63) is 24.5 Å². The molecule has 1 N–H and O–H groups in total. The maximum atomic E-state index is 5.54. The molecular formula is C13H17N5O2. The highest BCUT2D eigenvalue weighted by Crippen LogP contribution is 2.17. The monoisotopic (exact) mass is 275 g/mol. The van der Waals surface area contributed by atoms with Gasteiger partial charge in [0.1, 0.15) is 0 Å². The van der Waals surface area contributed by atoms with Crippen LogP contribution in [0.3, 0.4) is 0 Å². The van der Waals surface area contributed by atoms with E-state index in [0.717, 1.165) is 45.0 Å². The predicted octanol–water partition coefficient (Wildman–Crippen LogP) is 0.876. The molecule has 2 aromatic heterocycles. The number of nitrogens with zero attached hydrogens (tertiary/aromatic N) is 4. The molecule has 0 bridgehead atoms. The van der Waals surface area contributed by atoms with Gasteiger partial charge < -0.3 is 14.5 Å². The van der Waals surface area contributed by atoms with Crippen molar-refractivity contribution in [3.63, 3.8) is 0 Å².